The average molecular weight is 629 g/mol. The van der Waals surface area contributed by atoms with Crippen molar-refractivity contribution in [3.63, 3.8) is 0 Å². The lowest BCUT2D eigenvalue weighted by Gasteiger charge is -2.50. The molecule has 242 valence electrons. The molecule has 1 aliphatic carbocycles. The molecule has 46 heavy (non-hydrogen) atoms. The largest absolute Gasteiger partial charge is 0.497 e. The molecule has 2 bridgehead atoms. The van der Waals surface area contributed by atoms with Gasteiger partial charge in [0.15, 0.2) is 0 Å². The molecule has 0 radical (unpaired) electrons. The normalized spacial score (nSPS) is 27.4. The highest BCUT2D eigenvalue weighted by Crippen LogP contribution is 2.57. The van der Waals surface area contributed by atoms with E-state index in [2.05, 4.69) is 4.98 Å². The second-order valence-corrected chi connectivity index (χ2v) is 12.6. The van der Waals surface area contributed by atoms with Crippen molar-refractivity contribution in [3.05, 3.63) is 128 Å². The molecule has 3 N–H and O–H groups in total. The van der Waals surface area contributed by atoms with Crippen LogP contribution in [0.15, 0.2) is 94.6 Å². The summed E-state index contributed by atoms with van der Waals surface area (Å²) in [5.41, 5.74) is -2.90. The van der Waals surface area contributed by atoms with Crippen LogP contribution >= 0.6 is 0 Å². The molecule has 10 nitrogen and oxygen atoms in total. The van der Waals surface area contributed by atoms with Crippen LogP contribution in [-0.2, 0) is 15.1 Å². The van der Waals surface area contributed by atoms with Crippen molar-refractivity contribution in [2.75, 3.05) is 20.8 Å². The summed E-state index contributed by atoms with van der Waals surface area (Å²) in [7, 11) is 3.21. The second kappa shape index (κ2) is 11.9. The summed E-state index contributed by atoms with van der Waals surface area (Å²) in [6.07, 6.45) is -0.442. The van der Waals surface area contributed by atoms with Gasteiger partial charge in [0.05, 0.1) is 32.5 Å². The molecule has 1 aromatic heterocycles. The fraction of sp³-hybridized carbons (Fsp3) is 0.389. The molecule has 1 saturated heterocycles. The quantitative estimate of drug-likeness (QED) is 0.238. The summed E-state index contributed by atoms with van der Waals surface area (Å²) < 4.78 is 26.0. The zero-order chi connectivity index (χ0) is 32.9. The lowest BCUT2D eigenvalue weighted by Crippen LogP contribution is -2.66. The minimum absolute atomic E-state index is 0.230. The molecule has 2 heterocycles. The molecule has 4 aromatic rings. The van der Waals surface area contributed by atoms with Crippen molar-refractivity contribution >= 4 is 0 Å². The zero-order valence-corrected chi connectivity index (χ0v) is 26.6. The Morgan fingerprint density at radius 2 is 1.48 bits per heavy atom. The SMILES string of the molecule is COc1ccc(C(OC[C@]23O[C@@H](n4cc(C)c(=O)[nH]c4=O)[C@H]([C@H](C)C[C@@]2(C)O)[C@@H]3O)(c2ccccc2)c2ccc(OC)cc2)cc1. The first-order chi connectivity index (χ1) is 22.0. The van der Waals surface area contributed by atoms with E-state index in [9.17, 15) is 19.8 Å². The van der Waals surface area contributed by atoms with Crippen molar-refractivity contribution in [1.29, 1.82) is 0 Å². The molecule has 0 amide bonds. The molecule has 10 heteroatoms. The number of aromatic nitrogens is 2. The van der Waals surface area contributed by atoms with Crippen LogP contribution in [0.4, 0.5) is 0 Å². The molecular weight excluding hydrogens is 588 g/mol. The number of benzene rings is 3. The number of hydrogen-bond donors (Lipinski definition) is 3. The highest BCUT2D eigenvalue weighted by Gasteiger charge is 2.69. The summed E-state index contributed by atoms with van der Waals surface area (Å²) in [5.74, 6) is 0.543. The molecule has 6 atom stereocenters. The van der Waals surface area contributed by atoms with Crippen LogP contribution in [0.1, 0.15) is 48.8 Å². The minimum Gasteiger partial charge on any atom is -0.497 e. The number of nitrogens with one attached hydrogen (secondary N) is 1. The number of nitrogens with zero attached hydrogens (tertiary/aromatic N) is 1. The Hall–Kier alpha value is -4.22. The monoisotopic (exact) mass is 628 g/mol. The average Bonchev–Trinajstić information content (AvgIpc) is 3.32. The van der Waals surface area contributed by atoms with E-state index >= 15 is 0 Å². The van der Waals surface area contributed by atoms with Gasteiger partial charge in [-0.1, -0.05) is 61.5 Å². The predicted molar refractivity (Wildman–Crippen MR) is 171 cm³/mol. The molecule has 1 aliphatic heterocycles. The van der Waals surface area contributed by atoms with Crippen molar-refractivity contribution in [2.45, 2.75) is 56.3 Å². The number of aryl methyl sites for hydroxylation is 1. The third-order valence-electron chi connectivity index (χ3n) is 9.89. The van der Waals surface area contributed by atoms with E-state index in [4.69, 9.17) is 18.9 Å². The molecule has 1 saturated carbocycles. The summed E-state index contributed by atoms with van der Waals surface area (Å²) in [6.45, 7) is 4.91. The molecule has 6 rings (SSSR count). The molecule has 0 unspecified atom stereocenters. The first kappa shape index (κ1) is 31.7. The van der Waals surface area contributed by atoms with Gasteiger partial charge in [0.2, 0.25) is 0 Å². The van der Waals surface area contributed by atoms with Crippen LogP contribution in [0.5, 0.6) is 11.5 Å². The van der Waals surface area contributed by atoms with Crippen molar-refractivity contribution < 1.29 is 29.2 Å². The lowest BCUT2D eigenvalue weighted by atomic mass is 9.64. The highest BCUT2D eigenvalue weighted by molar-refractivity contribution is 5.50. The molecular formula is C36H40N2O8. The van der Waals surface area contributed by atoms with Crippen molar-refractivity contribution in [1.82, 2.24) is 9.55 Å². The standard InChI is InChI=1S/C36H40N2O8/c1-22-19-34(3,42)35(30(39)29(22)32(46-35)38-20-23(2)31(40)37-33(38)41)21-45-36(24-9-7-6-8-10-24,25-11-15-27(43-4)16-12-25)26-13-17-28(44-5)18-14-26/h6-18,20,22,29-30,32,39,42H,19,21H2,1-5H3,(H,37,40,41)/t22-,29-,30+,32-,34-,35-/m1/s1. The van der Waals surface area contributed by atoms with Crippen LogP contribution in [0, 0.1) is 18.8 Å². The maximum absolute atomic E-state index is 13.1. The number of aliphatic hydroxyl groups excluding tert-OH is 1. The Morgan fingerprint density at radius 3 is 2.02 bits per heavy atom. The van der Waals surface area contributed by atoms with Gasteiger partial charge in [0, 0.05) is 17.7 Å². The van der Waals surface area contributed by atoms with Gasteiger partial charge in [0.1, 0.15) is 28.9 Å². The number of rotatable bonds is 9. The van der Waals surface area contributed by atoms with E-state index < -0.39 is 46.3 Å². The van der Waals surface area contributed by atoms with Gasteiger partial charge in [-0.2, -0.15) is 0 Å². The van der Waals surface area contributed by atoms with Crippen LogP contribution in [-0.4, -0.2) is 57.9 Å². The number of hydrogen-bond acceptors (Lipinski definition) is 8. The van der Waals surface area contributed by atoms with Gasteiger partial charge < -0.3 is 29.2 Å². The zero-order valence-electron chi connectivity index (χ0n) is 26.6. The van der Waals surface area contributed by atoms with Crippen molar-refractivity contribution in [2.24, 2.45) is 11.8 Å². The van der Waals surface area contributed by atoms with E-state index in [0.717, 1.165) is 16.7 Å². The third-order valence-corrected chi connectivity index (χ3v) is 9.89. The van der Waals surface area contributed by atoms with Gasteiger partial charge in [-0.05, 0) is 67.1 Å². The minimum atomic E-state index is -1.64. The molecule has 0 spiro atoms. The Balaban J connectivity index is 1.52. The van der Waals surface area contributed by atoms with Gasteiger partial charge in [-0.25, -0.2) is 4.79 Å². The van der Waals surface area contributed by atoms with Gasteiger partial charge >= 0.3 is 5.69 Å². The van der Waals surface area contributed by atoms with Crippen LogP contribution in [0.2, 0.25) is 0 Å². The predicted octanol–water partition coefficient (Wildman–Crippen LogP) is 3.91. The smallest absolute Gasteiger partial charge is 0.330 e. The Labute approximate surface area is 267 Å². The van der Waals surface area contributed by atoms with Crippen LogP contribution < -0.4 is 20.7 Å². The van der Waals surface area contributed by atoms with E-state index in [0.29, 0.717) is 17.1 Å². The van der Waals surface area contributed by atoms with Gasteiger partial charge in [0.25, 0.3) is 5.56 Å². The van der Waals surface area contributed by atoms with Crippen LogP contribution in [0.3, 0.4) is 0 Å². The Morgan fingerprint density at radius 1 is 0.935 bits per heavy atom. The summed E-state index contributed by atoms with van der Waals surface area (Å²) >= 11 is 0. The van der Waals surface area contributed by atoms with Crippen LogP contribution in [0.25, 0.3) is 0 Å². The van der Waals surface area contributed by atoms with E-state index in [1.807, 2.05) is 85.8 Å². The third kappa shape index (κ3) is 4.96. The number of aromatic amines is 1. The highest BCUT2D eigenvalue weighted by atomic mass is 16.6. The van der Waals surface area contributed by atoms with Gasteiger partial charge in [-0.15, -0.1) is 0 Å². The van der Waals surface area contributed by atoms with E-state index in [1.165, 1.54) is 10.8 Å². The number of H-pyrrole nitrogens is 1. The summed E-state index contributed by atoms with van der Waals surface area (Å²) in [6, 6.07) is 24.8. The number of fused-ring (bicyclic) bond motifs is 2. The van der Waals surface area contributed by atoms with Crippen molar-refractivity contribution in [3.8, 4) is 11.5 Å². The maximum Gasteiger partial charge on any atom is 0.330 e. The fourth-order valence-electron chi connectivity index (χ4n) is 7.39. The first-order valence-electron chi connectivity index (χ1n) is 15.4. The van der Waals surface area contributed by atoms with Gasteiger partial charge in [-0.3, -0.25) is 14.3 Å². The number of methoxy groups -OCH3 is 2. The molecule has 2 fully saturated rings. The number of ether oxygens (including phenoxy) is 4. The Bertz CT molecular complexity index is 1750. The lowest BCUT2D eigenvalue weighted by molar-refractivity contribution is -0.247. The topological polar surface area (TPSA) is 132 Å². The van der Waals surface area contributed by atoms with E-state index in [-0.39, 0.29) is 18.9 Å². The fourth-order valence-corrected chi connectivity index (χ4v) is 7.39. The summed E-state index contributed by atoms with van der Waals surface area (Å²) in [4.78, 5) is 27.6. The molecule has 3 aromatic carbocycles. The summed E-state index contributed by atoms with van der Waals surface area (Å²) in [5, 5.41) is 24.2. The molecule has 2 aliphatic rings. The van der Waals surface area contributed by atoms with E-state index in [1.54, 1.807) is 28.1 Å². The first-order valence-corrected chi connectivity index (χ1v) is 15.4. The second-order valence-electron chi connectivity index (χ2n) is 12.6. The Kier molecular flexibility index (Phi) is 8.18. The number of aliphatic hydroxyl groups is 2. The maximum atomic E-state index is 13.1.